The van der Waals surface area contributed by atoms with Crippen molar-refractivity contribution in [2.75, 3.05) is 18.6 Å². The molecule has 11 heavy (non-hydrogen) atoms. The SMILES string of the molecule is CNc1nc(OS(C)=O)ns1. The largest absolute Gasteiger partial charge is 0.363 e. The lowest BCUT2D eigenvalue weighted by Crippen LogP contribution is -1.97. The second kappa shape index (κ2) is 3.63. The van der Waals surface area contributed by atoms with Gasteiger partial charge in [-0.3, -0.25) is 0 Å². The second-order valence-corrected chi connectivity index (χ2v) is 3.34. The van der Waals surface area contributed by atoms with E-state index >= 15 is 0 Å². The van der Waals surface area contributed by atoms with E-state index < -0.39 is 11.1 Å². The van der Waals surface area contributed by atoms with Crippen molar-refractivity contribution in [2.45, 2.75) is 0 Å². The molecule has 0 aliphatic carbocycles. The summed E-state index contributed by atoms with van der Waals surface area (Å²) >= 11 is -0.191. The summed E-state index contributed by atoms with van der Waals surface area (Å²) in [6.07, 6.45) is 1.42. The quantitative estimate of drug-likeness (QED) is 0.745. The van der Waals surface area contributed by atoms with E-state index in [9.17, 15) is 4.21 Å². The molecule has 1 rings (SSSR count). The molecule has 0 aromatic carbocycles. The van der Waals surface area contributed by atoms with Crippen LogP contribution in [0.1, 0.15) is 0 Å². The monoisotopic (exact) mass is 193 g/mol. The first-order valence-corrected chi connectivity index (χ1v) is 5.01. The van der Waals surface area contributed by atoms with Crippen LogP contribution in [0.3, 0.4) is 0 Å². The van der Waals surface area contributed by atoms with Gasteiger partial charge < -0.3 is 9.50 Å². The third kappa shape index (κ3) is 2.43. The highest BCUT2D eigenvalue weighted by Crippen LogP contribution is 2.15. The van der Waals surface area contributed by atoms with E-state index in [1.807, 2.05) is 0 Å². The smallest absolute Gasteiger partial charge is 0.344 e. The first kappa shape index (κ1) is 8.41. The highest BCUT2D eigenvalue weighted by atomic mass is 32.2. The van der Waals surface area contributed by atoms with Crippen LogP contribution >= 0.6 is 11.5 Å². The lowest BCUT2D eigenvalue weighted by atomic mass is 11.1. The van der Waals surface area contributed by atoms with Gasteiger partial charge in [-0.15, -0.1) is 4.37 Å². The zero-order valence-corrected chi connectivity index (χ0v) is 7.66. The molecule has 5 nitrogen and oxygen atoms in total. The molecule has 0 spiro atoms. The van der Waals surface area contributed by atoms with E-state index in [1.165, 1.54) is 6.26 Å². The van der Waals surface area contributed by atoms with Crippen molar-refractivity contribution in [3.8, 4) is 6.01 Å². The maximum atomic E-state index is 10.5. The van der Waals surface area contributed by atoms with E-state index in [4.69, 9.17) is 4.18 Å². The molecule has 1 aromatic heterocycles. The third-order valence-electron chi connectivity index (χ3n) is 0.813. The number of hydrogen-bond donors (Lipinski definition) is 1. The summed E-state index contributed by atoms with van der Waals surface area (Å²) in [5.74, 6) is 0. The fourth-order valence-corrected chi connectivity index (χ4v) is 1.23. The van der Waals surface area contributed by atoms with Crippen LogP contribution in [0.5, 0.6) is 6.01 Å². The van der Waals surface area contributed by atoms with Crippen LogP contribution in [0.4, 0.5) is 5.13 Å². The van der Waals surface area contributed by atoms with Crippen molar-refractivity contribution in [3.63, 3.8) is 0 Å². The standard InChI is InChI=1S/C4H7N3O2S2/c1-5-4-6-3(7-10-4)9-11(2)8/h1-2H3,(H,5,6,7). The molecule has 0 saturated carbocycles. The van der Waals surface area contributed by atoms with Crippen LogP contribution in [-0.4, -0.2) is 26.9 Å². The minimum atomic E-state index is -1.35. The van der Waals surface area contributed by atoms with Gasteiger partial charge in [0.15, 0.2) is 0 Å². The van der Waals surface area contributed by atoms with Gasteiger partial charge in [-0.05, 0) is 0 Å². The number of anilines is 1. The number of nitrogens with zero attached hydrogens (tertiary/aromatic N) is 2. The van der Waals surface area contributed by atoms with Gasteiger partial charge >= 0.3 is 6.01 Å². The van der Waals surface area contributed by atoms with Crippen LogP contribution in [0.15, 0.2) is 0 Å². The lowest BCUT2D eigenvalue weighted by Gasteiger charge is -1.90. The molecule has 0 aliphatic heterocycles. The Bertz CT molecular complexity index is 262. The van der Waals surface area contributed by atoms with Gasteiger partial charge in [0.05, 0.1) is 0 Å². The van der Waals surface area contributed by atoms with Gasteiger partial charge in [0.1, 0.15) is 0 Å². The van der Waals surface area contributed by atoms with E-state index in [-0.39, 0.29) is 6.01 Å². The van der Waals surface area contributed by atoms with Crippen LogP contribution in [0, 0.1) is 0 Å². The number of hydrogen-bond acceptors (Lipinski definition) is 6. The molecule has 1 N–H and O–H groups in total. The average molecular weight is 193 g/mol. The Morgan fingerprint density at radius 3 is 2.91 bits per heavy atom. The van der Waals surface area contributed by atoms with Crippen molar-refractivity contribution in [1.82, 2.24) is 9.36 Å². The minimum absolute atomic E-state index is 0.153. The van der Waals surface area contributed by atoms with Crippen molar-refractivity contribution in [2.24, 2.45) is 0 Å². The molecule has 1 atom stereocenters. The normalized spacial score (nSPS) is 12.5. The van der Waals surface area contributed by atoms with Crippen LogP contribution in [-0.2, 0) is 11.1 Å². The van der Waals surface area contributed by atoms with Crippen LogP contribution < -0.4 is 9.50 Å². The molecule has 0 aliphatic rings. The minimum Gasteiger partial charge on any atom is -0.363 e. The molecule has 62 valence electrons. The second-order valence-electron chi connectivity index (χ2n) is 1.62. The molecule has 0 saturated heterocycles. The Balaban J connectivity index is 2.65. The Morgan fingerprint density at radius 1 is 1.73 bits per heavy atom. The predicted molar refractivity (Wildman–Crippen MR) is 44.2 cm³/mol. The fraction of sp³-hybridized carbons (Fsp3) is 0.500. The summed E-state index contributed by atoms with van der Waals surface area (Å²) in [7, 11) is 1.73. The Morgan fingerprint density at radius 2 is 2.45 bits per heavy atom. The molecule has 1 aromatic rings. The summed E-state index contributed by atoms with van der Waals surface area (Å²) in [5.41, 5.74) is 0. The average Bonchev–Trinajstić information content (AvgIpc) is 2.34. The highest BCUT2D eigenvalue weighted by molar-refractivity contribution is 7.79. The summed E-state index contributed by atoms with van der Waals surface area (Å²) in [6, 6.07) is 0.153. The van der Waals surface area contributed by atoms with Gasteiger partial charge in [-0.2, -0.15) is 4.98 Å². The van der Waals surface area contributed by atoms with Crippen LogP contribution in [0.2, 0.25) is 0 Å². The van der Waals surface area contributed by atoms with Crippen molar-refractivity contribution in [1.29, 1.82) is 0 Å². The number of rotatable bonds is 3. The maximum absolute atomic E-state index is 10.5. The Kier molecular flexibility index (Phi) is 2.77. The maximum Gasteiger partial charge on any atom is 0.344 e. The molecule has 1 unspecified atom stereocenters. The molecular weight excluding hydrogens is 186 g/mol. The van der Waals surface area contributed by atoms with E-state index in [0.717, 1.165) is 11.5 Å². The molecule has 1 heterocycles. The van der Waals surface area contributed by atoms with Gasteiger partial charge in [0.25, 0.3) is 0 Å². The van der Waals surface area contributed by atoms with Crippen molar-refractivity contribution >= 4 is 27.7 Å². The van der Waals surface area contributed by atoms with Gasteiger partial charge in [0, 0.05) is 24.8 Å². The van der Waals surface area contributed by atoms with Gasteiger partial charge in [-0.1, -0.05) is 0 Å². The molecule has 0 amide bonds. The van der Waals surface area contributed by atoms with Crippen LogP contribution in [0.25, 0.3) is 0 Å². The van der Waals surface area contributed by atoms with Gasteiger partial charge in [0.2, 0.25) is 16.2 Å². The van der Waals surface area contributed by atoms with E-state index in [1.54, 1.807) is 7.05 Å². The lowest BCUT2D eigenvalue weighted by molar-refractivity contribution is 0.540. The number of nitrogens with one attached hydrogen (secondary N) is 1. The summed E-state index contributed by atoms with van der Waals surface area (Å²) < 4.78 is 19.0. The summed E-state index contributed by atoms with van der Waals surface area (Å²) in [4.78, 5) is 3.85. The Hall–Kier alpha value is -0.690. The zero-order chi connectivity index (χ0) is 8.27. The first-order chi connectivity index (χ1) is 5.22. The summed E-state index contributed by atoms with van der Waals surface area (Å²) in [5, 5.41) is 3.43. The van der Waals surface area contributed by atoms with Crippen molar-refractivity contribution in [3.05, 3.63) is 0 Å². The summed E-state index contributed by atoms with van der Waals surface area (Å²) in [6.45, 7) is 0. The molecule has 7 heteroatoms. The fourth-order valence-electron chi connectivity index (χ4n) is 0.450. The van der Waals surface area contributed by atoms with Gasteiger partial charge in [-0.25, -0.2) is 4.21 Å². The molecular formula is C4H7N3O2S2. The third-order valence-corrected chi connectivity index (χ3v) is 1.91. The predicted octanol–water partition coefficient (Wildman–Crippen LogP) is 0.252. The number of aromatic nitrogens is 2. The topological polar surface area (TPSA) is 64.1 Å². The first-order valence-electron chi connectivity index (χ1n) is 2.75. The Labute approximate surface area is 70.6 Å². The van der Waals surface area contributed by atoms with E-state index in [2.05, 4.69) is 14.7 Å². The van der Waals surface area contributed by atoms with Crippen molar-refractivity contribution < 1.29 is 8.39 Å². The highest BCUT2D eigenvalue weighted by Gasteiger charge is 2.03. The zero-order valence-electron chi connectivity index (χ0n) is 6.03. The molecule has 0 fully saturated rings. The van der Waals surface area contributed by atoms with E-state index in [0.29, 0.717) is 5.13 Å². The molecule has 0 bridgehead atoms. The molecule has 0 radical (unpaired) electrons.